The lowest BCUT2D eigenvalue weighted by Crippen LogP contribution is -2.38. The predicted octanol–water partition coefficient (Wildman–Crippen LogP) is 0.479. The number of ether oxygens (including phenoxy) is 1. The van der Waals surface area contributed by atoms with Gasteiger partial charge in [0.1, 0.15) is 11.9 Å². The Morgan fingerprint density at radius 3 is 2.69 bits per heavy atom. The fourth-order valence-corrected chi connectivity index (χ4v) is 1.55. The number of hydrogen-bond acceptors (Lipinski definition) is 5. The van der Waals surface area contributed by atoms with Gasteiger partial charge in [-0.1, -0.05) is 0 Å². The van der Waals surface area contributed by atoms with Crippen LogP contribution in [0, 0.1) is 0 Å². The van der Waals surface area contributed by atoms with Crippen molar-refractivity contribution in [2.24, 2.45) is 0 Å². The molecule has 1 saturated carbocycles. The van der Waals surface area contributed by atoms with Crippen molar-refractivity contribution >= 4 is 5.95 Å². The number of nitrogens with two attached hydrogens (primary N) is 1. The van der Waals surface area contributed by atoms with Crippen molar-refractivity contribution in [3.05, 3.63) is 12.2 Å². The van der Waals surface area contributed by atoms with Gasteiger partial charge in [-0.15, -0.1) is 0 Å². The minimum atomic E-state index is -0.295. The second kappa shape index (κ2) is 2.92. The van der Waals surface area contributed by atoms with Gasteiger partial charge in [-0.25, -0.2) is 9.97 Å². The number of rotatable bonds is 2. The van der Waals surface area contributed by atoms with Gasteiger partial charge in [0.25, 0.3) is 0 Å². The van der Waals surface area contributed by atoms with E-state index >= 15 is 0 Å². The van der Waals surface area contributed by atoms with Gasteiger partial charge in [-0.05, 0) is 19.3 Å². The predicted molar refractivity (Wildman–Crippen MR) is 46.8 cm³/mol. The molecule has 2 rings (SSSR count). The summed E-state index contributed by atoms with van der Waals surface area (Å²) in [6.45, 7) is 0. The lowest BCUT2D eigenvalue weighted by atomic mass is 9.79. The van der Waals surface area contributed by atoms with Crippen LogP contribution in [-0.4, -0.2) is 22.1 Å². The SMILES string of the molecule is COC1(c2ncnc(N)n2)CCC1. The van der Waals surface area contributed by atoms with E-state index in [0.717, 1.165) is 19.3 Å². The van der Waals surface area contributed by atoms with Gasteiger partial charge < -0.3 is 10.5 Å². The first-order valence-corrected chi connectivity index (χ1v) is 4.27. The Labute approximate surface area is 76.4 Å². The first-order valence-electron chi connectivity index (χ1n) is 4.27. The normalized spacial score (nSPS) is 19.5. The Bertz CT molecular complexity index is 305. The van der Waals surface area contributed by atoms with Crippen molar-refractivity contribution in [1.82, 2.24) is 15.0 Å². The molecular weight excluding hydrogens is 168 g/mol. The summed E-state index contributed by atoms with van der Waals surface area (Å²) in [6, 6.07) is 0. The molecule has 0 unspecified atom stereocenters. The second-order valence-corrected chi connectivity index (χ2v) is 3.22. The Morgan fingerprint density at radius 1 is 1.46 bits per heavy atom. The topological polar surface area (TPSA) is 73.9 Å². The van der Waals surface area contributed by atoms with E-state index in [9.17, 15) is 0 Å². The average Bonchev–Trinajstić information content (AvgIpc) is 2.03. The van der Waals surface area contributed by atoms with Crippen molar-refractivity contribution < 1.29 is 4.74 Å². The third-order valence-corrected chi connectivity index (χ3v) is 2.55. The van der Waals surface area contributed by atoms with E-state index in [1.807, 2.05) is 0 Å². The molecule has 1 aliphatic carbocycles. The zero-order valence-corrected chi connectivity index (χ0v) is 7.53. The molecule has 1 aromatic heterocycles. The maximum Gasteiger partial charge on any atom is 0.223 e. The van der Waals surface area contributed by atoms with Gasteiger partial charge in [0.15, 0.2) is 5.82 Å². The van der Waals surface area contributed by atoms with Crippen LogP contribution >= 0.6 is 0 Å². The number of anilines is 1. The molecule has 5 heteroatoms. The van der Waals surface area contributed by atoms with Gasteiger partial charge in [-0.2, -0.15) is 4.98 Å². The Kier molecular flexibility index (Phi) is 1.88. The molecular formula is C8H12N4O. The molecule has 1 fully saturated rings. The first kappa shape index (κ1) is 8.37. The molecule has 0 atom stereocenters. The lowest BCUT2D eigenvalue weighted by Gasteiger charge is -2.38. The molecule has 0 aromatic carbocycles. The molecule has 1 aliphatic rings. The van der Waals surface area contributed by atoms with Gasteiger partial charge in [-0.3, -0.25) is 0 Å². The minimum absolute atomic E-state index is 0.258. The number of aromatic nitrogens is 3. The van der Waals surface area contributed by atoms with Crippen molar-refractivity contribution in [3.8, 4) is 0 Å². The van der Waals surface area contributed by atoms with Crippen LogP contribution in [0.2, 0.25) is 0 Å². The second-order valence-electron chi connectivity index (χ2n) is 3.22. The highest BCUT2D eigenvalue weighted by atomic mass is 16.5. The van der Waals surface area contributed by atoms with Crippen molar-refractivity contribution in [1.29, 1.82) is 0 Å². The van der Waals surface area contributed by atoms with Crippen LogP contribution in [0.4, 0.5) is 5.95 Å². The van der Waals surface area contributed by atoms with Gasteiger partial charge in [0.2, 0.25) is 5.95 Å². The van der Waals surface area contributed by atoms with Crippen LogP contribution in [0.25, 0.3) is 0 Å². The molecule has 1 aromatic rings. The molecule has 70 valence electrons. The van der Waals surface area contributed by atoms with Crippen LogP contribution in [0.1, 0.15) is 25.1 Å². The van der Waals surface area contributed by atoms with E-state index in [1.165, 1.54) is 6.33 Å². The molecule has 13 heavy (non-hydrogen) atoms. The third kappa shape index (κ3) is 1.25. The molecule has 0 saturated heterocycles. The average molecular weight is 180 g/mol. The quantitative estimate of drug-likeness (QED) is 0.716. The summed E-state index contributed by atoms with van der Waals surface area (Å²) in [5.74, 6) is 0.919. The van der Waals surface area contributed by atoms with Crippen molar-refractivity contribution in [3.63, 3.8) is 0 Å². The fraction of sp³-hybridized carbons (Fsp3) is 0.625. The Hall–Kier alpha value is -1.23. The first-order chi connectivity index (χ1) is 6.27. The smallest absolute Gasteiger partial charge is 0.223 e. The summed E-state index contributed by atoms with van der Waals surface area (Å²) in [6.07, 6.45) is 4.51. The highest BCUT2D eigenvalue weighted by Gasteiger charge is 2.41. The molecule has 0 aliphatic heterocycles. The summed E-state index contributed by atoms with van der Waals surface area (Å²) in [5, 5.41) is 0. The minimum Gasteiger partial charge on any atom is -0.370 e. The molecule has 0 spiro atoms. The van der Waals surface area contributed by atoms with Crippen molar-refractivity contribution in [2.45, 2.75) is 24.9 Å². The Balaban J connectivity index is 2.33. The molecule has 2 N–H and O–H groups in total. The van der Waals surface area contributed by atoms with Crippen LogP contribution in [-0.2, 0) is 10.3 Å². The largest absolute Gasteiger partial charge is 0.370 e. The number of nitrogens with zero attached hydrogens (tertiary/aromatic N) is 3. The van der Waals surface area contributed by atoms with Crippen LogP contribution in [0.15, 0.2) is 6.33 Å². The Morgan fingerprint density at radius 2 is 2.23 bits per heavy atom. The molecule has 0 amide bonds. The number of methoxy groups -OCH3 is 1. The standard InChI is InChI=1S/C8H12N4O/c1-13-8(3-2-4-8)6-10-5-11-7(9)12-6/h5H,2-4H2,1H3,(H2,9,10,11,12). The van der Waals surface area contributed by atoms with E-state index in [2.05, 4.69) is 15.0 Å². The number of hydrogen-bond donors (Lipinski definition) is 1. The van der Waals surface area contributed by atoms with Crippen molar-refractivity contribution in [2.75, 3.05) is 12.8 Å². The monoisotopic (exact) mass is 180 g/mol. The maximum absolute atomic E-state index is 5.47. The summed E-state index contributed by atoms with van der Waals surface area (Å²) >= 11 is 0. The van der Waals surface area contributed by atoms with Gasteiger partial charge >= 0.3 is 0 Å². The van der Waals surface area contributed by atoms with Gasteiger partial charge in [0.05, 0.1) is 0 Å². The highest BCUT2D eigenvalue weighted by molar-refractivity contribution is 5.17. The summed E-state index contributed by atoms with van der Waals surface area (Å²) in [7, 11) is 1.68. The molecule has 0 bridgehead atoms. The number of nitrogen functional groups attached to an aromatic ring is 1. The van der Waals surface area contributed by atoms with Crippen LogP contribution in [0.5, 0.6) is 0 Å². The molecule has 0 radical (unpaired) electrons. The summed E-state index contributed by atoms with van der Waals surface area (Å²) in [4.78, 5) is 11.9. The van der Waals surface area contributed by atoms with Gasteiger partial charge in [0, 0.05) is 7.11 Å². The highest BCUT2D eigenvalue weighted by Crippen LogP contribution is 2.42. The zero-order chi connectivity index (χ0) is 9.31. The van der Waals surface area contributed by atoms with E-state index in [1.54, 1.807) is 7.11 Å². The summed E-state index contributed by atoms with van der Waals surface area (Å²) in [5.41, 5.74) is 5.18. The lowest BCUT2D eigenvalue weighted by molar-refractivity contribution is -0.0846. The maximum atomic E-state index is 5.47. The van der Waals surface area contributed by atoms with Crippen LogP contribution in [0.3, 0.4) is 0 Å². The molecule has 1 heterocycles. The third-order valence-electron chi connectivity index (χ3n) is 2.55. The fourth-order valence-electron chi connectivity index (χ4n) is 1.55. The van der Waals surface area contributed by atoms with E-state index < -0.39 is 0 Å². The van der Waals surface area contributed by atoms with E-state index in [-0.39, 0.29) is 11.5 Å². The summed E-state index contributed by atoms with van der Waals surface area (Å²) < 4.78 is 5.41. The molecule has 5 nitrogen and oxygen atoms in total. The zero-order valence-electron chi connectivity index (χ0n) is 7.53. The van der Waals surface area contributed by atoms with E-state index in [4.69, 9.17) is 10.5 Å². The van der Waals surface area contributed by atoms with Crippen LogP contribution < -0.4 is 5.73 Å². The van der Waals surface area contributed by atoms with E-state index in [0.29, 0.717) is 5.82 Å².